The minimum Gasteiger partial charge on any atom is -0.461 e. The average molecular weight is 522 g/mol. The summed E-state index contributed by atoms with van der Waals surface area (Å²) in [6.45, 7) is 11.1. The first-order valence-corrected chi connectivity index (χ1v) is 12.7. The predicted molar refractivity (Wildman–Crippen MR) is 144 cm³/mol. The fraction of sp³-hybridized carbons (Fsp3) is 0.379. The molecule has 202 valence electrons. The van der Waals surface area contributed by atoms with E-state index >= 15 is 0 Å². The van der Waals surface area contributed by atoms with Crippen molar-refractivity contribution in [2.45, 2.75) is 53.2 Å². The van der Waals surface area contributed by atoms with Crippen LogP contribution in [0.15, 0.2) is 77.1 Å². The maximum absolute atomic E-state index is 13.5. The number of nitrogens with zero attached hydrogens (tertiary/aromatic N) is 2. The molecule has 3 rings (SSSR count). The highest BCUT2D eigenvalue weighted by Crippen LogP contribution is 2.40. The number of carbonyl (C=O) groups is 2. The topological polar surface area (TPSA) is 111 Å². The zero-order chi connectivity index (χ0) is 27.8. The van der Waals surface area contributed by atoms with Crippen molar-refractivity contribution < 1.29 is 24.0 Å². The molecule has 1 unspecified atom stereocenters. The SMILES string of the molecule is CCN(CCOC(=O)C1=C(C)NC(C)=C(C(=O)OC(C)C)C1c1cccc([N+](=O)[O-])c1)Cc1ccccc1. The molecule has 0 spiro atoms. The Morgan fingerprint density at radius 3 is 2.29 bits per heavy atom. The van der Waals surface area contributed by atoms with Gasteiger partial charge >= 0.3 is 11.9 Å². The summed E-state index contributed by atoms with van der Waals surface area (Å²) >= 11 is 0. The van der Waals surface area contributed by atoms with Gasteiger partial charge in [0.2, 0.25) is 0 Å². The monoisotopic (exact) mass is 521 g/mol. The third-order valence-electron chi connectivity index (χ3n) is 6.29. The molecular weight excluding hydrogens is 486 g/mol. The molecule has 0 saturated heterocycles. The van der Waals surface area contributed by atoms with E-state index in [0.717, 1.165) is 18.7 Å². The van der Waals surface area contributed by atoms with Crippen LogP contribution < -0.4 is 5.32 Å². The normalized spacial score (nSPS) is 15.5. The molecule has 0 fully saturated rings. The number of nitro benzene ring substituents is 1. The molecule has 9 heteroatoms. The number of likely N-dealkylation sites (N-methyl/N-ethyl adjacent to an activating group) is 1. The number of allylic oxidation sites excluding steroid dienone is 2. The summed E-state index contributed by atoms with van der Waals surface area (Å²) in [6, 6.07) is 16.0. The maximum Gasteiger partial charge on any atom is 0.337 e. The van der Waals surface area contributed by atoms with E-state index in [4.69, 9.17) is 9.47 Å². The third-order valence-corrected chi connectivity index (χ3v) is 6.29. The summed E-state index contributed by atoms with van der Waals surface area (Å²) in [4.78, 5) is 39.8. The zero-order valence-corrected chi connectivity index (χ0v) is 22.5. The number of nitrogens with one attached hydrogen (secondary N) is 1. The van der Waals surface area contributed by atoms with Crippen LogP contribution in [0, 0.1) is 10.1 Å². The second-order valence-corrected chi connectivity index (χ2v) is 9.43. The number of non-ortho nitro benzene ring substituents is 1. The Balaban J connectivity index is 1.88. The van der Waals surface area contributed by atoms with Gasteiger partial charge in [-0.2, -0.15) is 0 Å². The van der Waals surface area contributed by atoms with E-state index < -0.39 is 22.8 Å². The van der Waals surface area contributed by atoms with Crippen LogP contribution in [0.3, 0.4) is 0 Å². The number of benzene rings is 2. The number of nitro groups is 1. The Morgan fingerprint density at radius 2 is 1.68 bits per heavy atom. The molecule has 1 aliphatic heterocycles. The van der Waals surface area contributed by atoms with Gasteiger partial charge in [0.15, 0.2) is 0 Å². The number of hydrogen-bond acceptors (Lipinski definition) is 8. The maximum atomic E-state index is 13.5. The molecule has 1 atom stereocenters. The van der Waals surface area contributed by atoms with Crippen LogP contribution in [-0.4, -0.2) is 47.6 Å². The molecule has 0 saturated carbocycles. The third kappa shape index (κ3) is 7.07. The standard InChI is InChI=1S/C29H35N3O6/c1-6-31(18-22-11-8-7-9-12-22)15-16-37-28(33)25-20(4)30-21(5)26(29(34)38-19(2)3)27(25)23-13-10-14-24(17-23)32(35)36/h7-14,17,19,27,30H,6,15-16,18H2,1-5H3. The molecule has 1 aliphatic rings. The first kappa shape index (κ1) is 28.6. The number of dihydropyridines is 1. The molecule has 0 amide bonds. The quantitative estimate of drug-likeness (QED) is 0.254. The molecule has 0 radical (unpaired) electrons. The lowest BCUT2D eigenvalue weighted by molar-refractivity contribution is -0.384. The fourth-order valence-corrected chi connectivity index (χ4v) is 4.50. The van der Waals surface area contributed by atoms with Gasteiger partial charge in [0.1, 0.15) is 6.61 Å². The predicted octanol–water partition coefficient (Wildman–Crippen LogP) is 4.85. The summed E-state index contributed by atoms with van der Waals surface area (Å²) in [5.74, 6) is -2.08. The van der Waals surface area contributed by atoms with Gasteiger partial charge in [-0.1, -0.05) is 49.4 Å². The van der Waals surface area contributed by atoms with Crippen molar-refractivity contribution in [1.29, 1.82) is 0 Å². The summed E-state index contributed by atoms with van der Waals surface area (Å²) in [5, 5.41) is 14.6. The van der Waals surface area contributed by atoms with Crippen LogP contribution in [0.25, 0.3) is 0 Å². The molecule has 0 aliphatic carbocycles. The van der Waals surface area contributed by atoms with E-state index in [2.05, 4.69) is 10.2 Å². The molecule has 2 aromatic carbocycles. The molecular formula is C29H35N3O6. The fourth-order valence-electron chi connectivity index (χ4n) is 4.50. The van der Waals surface area contributed by atoms with E-state index in [1.807, 2.05) is 37.3 Å². The van der Waals surface area contributed by atoms with Crippen LogP contribution in [0.2, 0.25) is 0 Å². The first-order chi connectivity index (χ1) is 18.1. The number of hydrogen-bond donors (Lipinski definition) is 1. The second kappa shape index (κ2) is 13.0. The van der Waals surface area contributed by atoms with Gasteiger partial charge in [0.05, 0.1) is 28.1 Å². The van der Waals surface area contributed by atoms with E-state index in [1.165, 1.54) is 18.2 Å². The number of ether oxygens (including phenoxy) is 2. The van der Waals surface area contributed by atoms with Crippen molar-refractivity contribution in [3.05, 3.63) is 98.4 Å². The Kier molecular flexibility index (Phi) is 9.78. The Morgan fingerprint density at radius 1 is 1.03 bits per heavy atom. The van der Waals surface area contributed by atoms with Crippen LogP contribution >= 0.6 is 0 Å². The van der Waals surface area contributed by atoms with E-state index in [-0.39, 0.29) is 29.5 Å². The van der Waals surface area contributed by atoms with Crippen molar-refractivity contribution in [3.8, 4) is 0 Å². The minimum absolute atomic E-state index is 0.139. The van der Waals surface area contributed by atoms with Crippen molar-refractivity contribution >= 4 is 17.6 Å². The number of carbonyl (C=O) groups excluding carboxylic acids is 2. The van der Waals surface area contributed by atoms with Crippen LogP contribution in [0.4, 0.5) is 5.69 Å². The minimum atomic E-state index is -0.888. The Hall–Kier alpha value is -3.98. The highest BCUT2D eigenvalue weighted by Gasteiger charge is 2.38. The van der Waals surface area contributed by atoms with Crippen LogP contribution in [-0.2, 0) is 25.6 Å². The van der Waals surface area contributed by atoms with E-state index in [0.29, 0.717) is 23.5 Å². The van der Waals surface area contributed by atoms with Crippen molar-refractivity contribution in [1.82, 2.24) is 10.2 Å². The first-order valence-electron chi connectivity index (χ1n) is 12.7. The molecule has 0 bridgehead atoms. The lowest BCUT2D eigenvalue weighted by Gasteiger charge is -2.31. The van der Waals surface area contributed by atoms with E-state index in [9.17, 15) is 19.7 Å². The summed E-state index contributed by atoms with van der Waals surface area (Å²) in [7, 11) is 0. The van der Waals surface area contributed by atoms with Gasteiger partial charge in [-0.25, -0.2) is 9.59 Å². The summed E-state index contributed by atoms with van der Waals surface area (Å²) in [5.41, 5.74) is 2.92. The highest BCUT2D eigenvalue weighted by atomic mass is 16.6. The highest BCUT2D eigenvalue weighted by molar-refractivity contribution is 6.00. The van der Waals surface area contributed by atoms with Crippen molar-refractivity contribution in [2.75, 3.05) is 19.7 Å². The summed E-state index contributed by atoms with van der Waals surface area (Å²) < 4.78 is 11.2. The van der Waals surface area contributed by atoms with Crippen molar-refractivity contribution in [2.24, 2.45) is 0 Å². The Bertz CT molecular complexity index is 1240. The molecule has 1 N–H and O–H groups in total. The van der Waals surface area contributed by atoms with Crippen LogP contribution in [0.5, 0.6) is 0 Å². The van der Waals surface area contributed by atoms with Gasteiger partial charge in [0.25, 0.3) is 5.69 Å². The molecule has 1 heterocycles. The van der Waals surface area contributed by atoms with Gasteiger partial charge in [0, 0.05) is 36.6 Å². The molecule has 2 aromatic rings. The number of rotatable bonds is 11. The largest absolute Gasteiger partial charge is 0.461 e. The van der Waals surface area contributed by atoms with Gasteiger partial charge in [-0.05, 0) is 45.4 Å². The Labute approximate surface area is 223 Å². The smallest absolute Gasteiger partial charge is 0.337 e. The van der Waals surface area contributed by atoms with Gasteiger partial charge < -0.3 is 14.8 Å². The second-order valence-electron chi connectivity index (χ2n) is 9.43. The molecule has 9 nitrogen and oxygen atoms in total. The van der Waals surface area contributed by atoms with Crippen LogP contribution in [0.1, 0.15) is 51.7 Å². The van der Waals surface area contributed by atoms with Gasteiger partial charge in [-0.3, -0.25) is 15.0 Å². The average Bonchev–Trinajstić information content (AvgIpc) is 2.87. The van der Waals surface area contributed by atoms with Gasteiger partial charge in [-0.15, -0.1) is 0 Å². The number of esters is 2. The lowest BCUT2D eigenvalue weighted by Crippen LogP contribution is -2.34. The molecule has 0 aromatic heterocycles. The lowest BCUT2D eigenvalue weighted by atomic mass is 9.80. The van der Waals surface area contributed by atoms with Crippen molar-refractivity contribution in [3.63, 3.8) is 0 Å². The summed E-state index contributed by atoms with van der Waals surface area (Å²) in [6.07, 6.45) is -0.388. The van der Waals surface area contributed by atoms with E-state index in [1.54, 1.807) is 33.8 Å². The zero-order valence-electron chi connectivity index (χ0n) is 22.5. The molecule has 38 heavy (non-hydrogen) atoms.